The molecule has 1 atom stereocenters. The van der Waals surface area contributed by atoms with Gasteiger partial charge in [-0.25, -0.2) is 0 Å². The molecule has 0 fully saturated rings. The van der Waals surface area contributed by atoms with Crippen LogP contribution in [0.2, 0.25) is 0 Å². The third kappa shape index (κ3) is 2.95. The van der Waals surface area contributed by atoms with Crippen molar-refractivity contribution in [2.75, 3.05) is 0 Å². The Balaban J connectivity index is 2.99. The van der Waals surface area contributed by atoms with Crippen LogP contribution in [0, 0.1) is 0 Å². The Morgan fingerprint density at radius 2 is 1.44 bits per heavy atom. The second-order valence-electron chi connectivity index (χ2n) is 4.90. The number of nitrogens with zero attached hydrogens (tertiary/aromatic N) is 1. The molecule has 0 aliphatic heterocycles. The minimum atomic E-state index is 0.439. The second-order valence-corrected chi connectivity index (χ2v) is 5.44. The van der Waals surface area contributed by atoms with E-state index in [4.69, 9.17) is 0 Å². The fraction of sp³-hybridized carbons (Fsp3) is 0.571. The Bertz CT molecular complexity index is 325. The predicted molar refractivity (Wildman–Crippen MR) is 72.4 cm³/mol. The molecular formula is C14H22NSi. The summed E-state index contributed by atoms with van der Waals surface area (Å²) in [6.07, 6.45) is 0. The summed E-state index contributed by atoms with van der Waals surface area (Å²) in [5, 5.41) is 1.20. The second kappa shape index (κ2) is 5.64. The Hall–Kier alpha value is -0.603. The molecule has 1 nitrogen and oxygen atoms in total. The summed E-state index contributed by atoms with van der Waals surface area (Å²) >= 11 is 0. The summed E-state index contributed by atoms with van der Waals surface area (Å²) in [5.41, 5.74) is 1.36. The highest BCUT2D eigenvalue weighted by Crippen LogP contribution is 2.23. The molecule has 1 aromatic rings. The van der Waals surface area contributed by atoms with Crippen molar-refractivity contribution in [1.82, 2.24) is 4.90 Å². The SMILES string of the molecule is CC(C)N(C(C)C)C(C)c1ccccc1[Si]. The van der Waals surface area contributed by atoms with Crippen LogP contribution in [0.3, 0.4) is 0 Å². The summed E-state index contributed by atoms with van der Waals surface area (Å²) in [6.45, 7) is 11.3. The molecule has 0 aromatic heterocycles. The van der Waals surface area contributed by atoms with Gasteiger partial charge in [-0.15, -0.1) is 0 Å². The van der Waals surface area contributed by atoms with Crippen molar-refractivity contribution in [3.8, 4) is 0 Å². The monoisotopic (exact) mass is 232 g/mol. The molecule has 1 aromatic carbocycles. The maximum Gasteiger partial charge on any atom is 0.0716 e. The van der Waals surface area contributed by atoms with Gasteiger partial charge >= 0.3 is 0 Å². The van der Waals surface area contributed by atoms with Crippen molar-refractivity contribution in [3.05, 3.63) is 29.8 Å². The van der Waals surface area contributed by atoms with E-state index in [2.05, 4.69) is 74.0 Å². The van der Waals surface area contributed by atoms with E-state index in [9.17, 15) is 0 Å². The van der Waals surface area contributed by atoms with Gasteiger partial charge in [-0.3, -0.25) is 4.90 Å². The predicted octanol–water partition coefficient (Wildman–Crippen LogP) is 2.66. The number of hydrogen-bond donors (Lipinski definition) is 0. The fourth-order valence-electron chi connectivity index (χ4n) is 2.51. The molecular weight excluding hydrogens is 210 g/mol. The zero-order chi connectivity index (χ0) is 12.3. The molecule has 1 unspecified atom stereocenters. The largest absolute Gasteiger partial charge is 0.292 e. The van der Waals surface area contributed by atoms with E-state index < -0.39 is 0 Å². The Morgan fingerprint density at radius 3 is 1.88 bits per heavy atom. The third-order valence-corrected chi connectivity index (χ3v) is 3.51. The highest BCUT2D eigenvalue weighted by Gasteiger charge is 2.22. The quantitative estimate of drug-likeness (QED) is 0.722. The first-order chi connectivity index (χ1) is 7.45. The van der Waals surface area contributed by atoms with Gasteiger partial charge in [0.15, 0.2) is 0 Å². The normalized spacial score (nSPS) is 13.8. The third-order valence-electron chi connectivity index (χ3n) is 3.05. The van der Waals surface area contributed by atoms with Gasteiger partial charge in [0.05, 0.1) is 10.2 Å². The van der Waals surface area contributed by atoms with E-state index in [1.54, 1.807) is 0 Å². The number of benzene rings is 1. The van der Waals surface area contributed by atoms with Crippen LogP contribution in [0.15, 0.2) is 24.3 Å². The Morgan fingerprint density at radius 1 is 0.938 bits per heavy atom. The standard InChI is InChI=1S/C14H22NSi/c1-10(2)15(11(3)4)12(5)13-8-6-7-9-14(13)16/h6-12H,1-5H3. The average Bonchev–Trinajstić information content (AvgIpc) is 2.16. The highest BCUT2D eigenvalue weighted by atomic mass is 28.1. The molecule has 0 aliphatic rings. The number of rotatable bonds is 4. The van der Waals surface area contributed by atoms with Gasteiger partial charge in [0, 0.05) is 18.1 Å². The fourth-order valence-corrected chi connectivity index (χ4v) is 2.90. The molecule has 0 bridgehead atoms. The van der Waals surface area contributed by atoms with Crippen molar-refractivity contribution in [1.29, 1.82) is 0 Å². The molecule has 0 spiro atoms. The van der Waals surface area contributed by atoms with E-state index >= 15 is 0 Å². The zero-order valence-electron chi connectivity index (χ0n) is 11.0. The van der Waals surface area contributed by atoms with E-state index in [-0.39, 0.29) is 0 Å². The van der Waals surface area contributed by atoms with Crippen LogP contribution >= 0.6 is 0 Å². The molecule has 0 aliphatic carbocycles. The van der Waals surface area contributed by atoms with E-state index in [1.165, 1.54) is 10.8 Å². The molecule has 87 valence electrons. The van der Waals surface area contributed by atoms with Crippen molar-refractivity contribution < 1.29 is 0 Å². The molecule has 0 heterocycles. The smallest absolute Gasteiger partial charge is 0.0716 e. The average molecular weight is 232 g/mol. The summed E-state index contributed by atoms with van der Waals surface area (Å²) in [6, 6.07) is 10.0. The van der Waals surface area contributed by atoms with Crippen molar-refractivity contribution in [2.45, 2.75) is 52.7 Å². The van der Waals surface area contributed by atoms with Gasteiger partial charge < -0.3 is 0 Å². The molecule has 3 radical (unpaired) electrons. The van der Waals surface area contributed by atoms with E-state index in [0.29, 0.717) is 18.1 Å². The maximum absolute atomic E-state index is 3.69. The molecule has 0 saturated heterocycles. The molecule has 0 N–H and O–H groups in total. The van der Waals surface area contributed by atoms with Gasteiger partial charge in [0.2, 0.25) is 0 Å². The maximum atomic E-state index is 3.69. The lowest BCUT2D eigenvalue weighted by molar-refractivity contribution is 0.123. The summed E-state index contributed by atoms with van der Waals surface area (Å²) in [7, 11) is 3.69. The van der Waals surface area contributed by atoms with E-state index in [1.807, 2.05) is 0 Å². The van der Waals surface area contributed by atoms with Gasteiger partial charge in [-0.1, -0.05) is 29.5 Å². The van der Waals surface area contributed by atoms with Crippen LogP contribution in [0.5, 0.6) is 0 Å². The van der Waals surface area contributed by atoms with Crippen LogP contribution in [0.1, 0.15) is 46.2 Å². The first kappa shape index (κ1) is 13.5. The van der Waals surface area contributed by atoms with Crippen LogP contribution in [0.4, 0.5) is 0 Å². The lowest BCUT2D eigenvalue weighted by Gasteiger charge is -2.37. The van der Waals surface area contributed by atoms with Crippen LogP contribution in [0.25, 0.3) is 0 Å². The lowest BCUT2D eigenvalue weighted by Crippen LogP contribution is -2.40. The minimum Gasteiger partial charge on any atom is -0.292 e. The Labute approximate surface area is 103 Å². The molecule has 2 heteroatoms. The van der Waals surface area contributed by atoms with Crippen LogP contribution < -0.4 is 5.19 Å². The molecule has 1 rings (SSSR count). The first-order valence-corrected chi connectivity index (χ1v) is 6.53. The lowest BCUT2D eigenvalue weighted by atomic mass is 10.0. The summed E-state index contributed by atoms with van der Waals surface area (Å²) in [4.78, 5) is 2.53. The van der Waals surface area contributed by atoms with Crippen LogP contribution in [-0.2, 0) is 0 Å². The molecule has 16 heavy (non-hydrogen) atoms. The van der Waals surface area contributed by atoms with Gasteiger partial charge in [0.1, 0.15) is 0 Å². The van der Waals surface area contributed by atoms with Crippen molar-refractivity contribution >= 4 is 15.4 Å². The van der Waals surface area contributed by atoms with Gasteiger partial charge in [-0.05, 0) is 40.2 Å². The molecule has 0 saturated carbocycles. The van der Waals surface area contributed by atoms with E-state index in [0.717, 1.165) is 0 Å². The summed E-state index contributed by atoms with van der Waals surface area (Å²) < 4.78 is 0. The van der Waals surface area contributed by atoms with Crippen molar-refractivity contribution in [3.63, 3.8) is 0 Å². The topological polar surface area (TPSA) is 3.24 Å². The van der Waals surface area contributed by atoms with Crippen LogP contribution in [-0.4, -0.2) is 27.2 Å². The highest BCUT2D eigenvalue weighted by molar-refractivity contribution is 6.33. The number of hydrogen-bond acceptors (Lipinski definition) is 1. The zero-order valence-corrected chi connectivity index (χ0v) is 12.0. The van der Waals surface area contributed by atoms with Gasteiger partial charge in [0.25, 0.3) is 0 Å². The van der Waals surface area contributed by atoms with Crippen molar-refractivity contribution in [2.24, 2.45) is 0 Å². The Kier molecular flexibility index (Phi) is 4.75. The minimum absolute atomic E-state index is 0.439. The van der Waals surface area contributed by atoms with Gasteiger partial charge in [-0.2, -0.15) is 0 Å². The molecule has 0 amide bonds. The summed E-state index contributed by atoms with van der Waals surface area (Å²) in [5.74, 6) is 0. The first-order valence-electron chi connectivity index (χ1n) is 6.03.